The number of nitrogens with zero attached hydrogens (tertiary/aromatic N) is 1. The van der Waals surface area contributed by atoms with Crippen LogP contribution < -0.4 is 10.6 Å². The molecule has 1 aliphatic rings. The highest BCUT2D eigenvalue weighted by atomic mass is 16.1. The average molecular weight is 332 g/mol. The van der Waals surface area contributed by atoms with Crippen molar-refractivity contribution in [1.82, 2.24) is 15.5 Å². The summed E-state index contributed by atoms with van der Waals surface area (Å²) >= 11 is 0. The van der Waals surface area contributed by atoms with Crippen molar-refractivity contribution >= 4 is 5.91 Å². The molecule has 1 aliphatic heterocycles. The molecule has 1 amide bonds. The van der Waals surface area contributed by atoms with Crippen LogP contribution in [0.5, 0.6) is 0 Å². The summed E-state index contributed by atoms with van der Waals surface area (Å²) in [5.74, 6) is 0.901. The first-order valence-electron chi connectivity index (χ1n) is 9.49. The number of amides is 1. The zero-order chi connectivity index (χ0) is 17.2. The Hall–Kier alpha value is -1.39. The zero-order valence-electron chi connectivity index (χ0n) is 15.3. The van der Waals surface area contributed by atoms with Crippen molar-refractivity contribution in [3.63, 3.8) is 0 Å². The lowest BCUT2D eigenvalue weighted by atomic mass is 9.93. The third-order valence-electron chi connectivity index (χ3n) is 5.12. The number of rotatable bonds is 9. The molecule has 4 nitrogen and oxygen atoms in total. The number of hydrogen-bond acceptors (Lipinski definition) is 3. The molecule has 0 aromatic heterocycles. The molecule has 0 bridgehead atoms. The Morgan fingerprint density at radius 3 is 2.50 bits per heavy atom. The molecule has 2 N–H and O–H groups in total. The van der Waals surface area contributed by atoms with Gasteiger partial charge in [-0.05, 0) is 62.5 Å². The van der Waals surface area contributed by atoms with Gasteiger partial charge in [-0.25, -0.2) is 0 Å². The van der Waals surface area contributed by atoms with Crippen molar-refractivity contribution in [2.24, 2.45) is 5.92 Å². The maximum atomic E-state index is 12.2. The van der Waals surface area contributed by atoms with Crippen molar-refractivity contribution < 1.29 is 4.79 Å². The van der Waals surface area contributed by atoms with Crippen LogP contribution in [-0.4, -0.2) is 37.0 Å². The molecule has 0 aliphatic carbocycles. The Labute approximate surface area is 147 Å². The smallest absolute Gasteiger partial charge is 0.220 e. The molecule has 24 heavy (non-hydrogen) atoms. The first-order valence-corrected chi connectivity index (χ1v) is 9.49. The van der Waals surface area contributed by atoms with Gasteiger partial charge in [0.05, 0.1) is 0 Å². The van der Waals surface area contributed by atoms with Gasteiger partial charge < -0.3 is 10.6 Å². The minimum absolute atomic E-state index is 0.186. The van der Waals surface area contributed by atoms with Crippen molar-refractivity contribution in [3.8, 4) is 0 Å². The fraction of sp³-hybridized carbons (Fsp3) is 0.650. The Bertz CT molecular complexity index is 493. The first-order chi connectivity index (χ1) is 11.7. The number of nitrogens with one attached hydrogen (secondary N) is 2. The first kappa shape index (κ1) is 18.9. The van der Waals surface area contributed by atoms with Crippen LogP contribution in [0.1, 0.15) is 50.7 Å². The highest BCUT2D eigenvalue weighted by Crippen LogP contribution is 2.17. The second-order valence-electron chi connectivity index (χ2n) is 6.74. The van der Waals surface area contributed by atoms with Crippen molar-refractivity contribution in [2.45, 2.75) is 52.6 Å². The van der Waals surface area contributed by atoms with E-state index in [9.17, 15) is 4.79 Å². The summed E-state index contributed by atoms with van der Waals surface area (Å²) in [6.07, 6.45) is 4.09. The summed E-state index contributed by atoms with van der Waals surface area (Å²) in [6.45, 7) is 10.3. The van der Waals surface area contributed by atoms with E-state index in [2.05, 4.69) is 53.6 Å². The fourth-order valence-electron chi connectivity index (χ4n) is 3.36. The van der Waals surface area contributed by atoms with Gasteiger partial charge in [0.2, 0.25) is 5.91 Å². The van der Waals surface area contributed by atoms with Gasteiger partial charge >= 0.3 is 0 Å². The minimum atomic E-state index is 0.186. The van der Waals surface area contributed by atoms with E-state index in [1.807, 2.05) is 0 Å². The summed E-state index contributed by atoms with van der Waals surface area (Å²) in [5.41, 5.74) is 2.56. The van der Waals surface area contributed by atoms with Crippen LogP contribution in [-0.2, 0) is 17.9 Å². The van der Waals surface area contributed by atoms with E-state index in [0.717, 1.165) is 39.1 Å². The normalized spacial score (nSPS) is 15.6. The average Bonchev–Trinajstić information content (AvgIpc) is 2.64. The molecule has 1 saturated heterocycles. The van der Waals surface area contributed by atoms with E-state index < -0.39 is 0 Å². The van der Waals surface area contributed by atoms with Crippen LogP contribution in [0.15, 0.2) is 24.3 Å². The fourth-order valence-corrected chi connectivity index (χ4v) is 3.36. The number of carbonyl (C=O) groups excluding carboxylic acids is 1. The van der Waals surface area contributed by atoms with Crippen LogP contribution in [0.4, 0.5) is 0 Å². The highest BCUT2D eigenvalue weighted by molar-refractivity contribution is 5.75. The molecule has 0 atom stereocenters. The maximum absolute atomic E-state index is 12.2. The molecule has 1 aromatic carbocycles. The second-order valence-corrected chi connectivity index (χ2v) is 6.74. The summed E-state index contributed by atoms with van der Waals surface area (Å²) in [5, 5.41) is 6.49. The molecule has 2 rings (SSSR count). The van der Waals surface area contributed by atoms with Crippen molar-refractivity contribution in [3.05, 3.63) is 35.4 Å². The summed E-state index contributed by atoms with van der Waals surface area (Å²) in [6, 6.07) is 8.45. The number of benzene rings is 1. The molecule has 0 radical (unpaired) electrons. The molecule has 1 fully saturated rings. The van der Waals surface area contributed by atoms with Gasteiger partial charge in [-0.15, -0.1) is 0 Å². The third kappa shape index (κ3) is 6.25. The molecule has 0 unspecified atom stereocenters. The van der Waals surface area contributed by atoms with Crippen LogP contribution in [0.3, 0.4) is 0 Å². The van der Waals surface area contributed by atoms with Gasteiger partial charge in [-0.1, -0.05) is 38.1 Å². The van der Waals surface area contributed by atoms with Gasteiger partial charge in [0, 0.05) is 19.5 Å². The summed E-state index contributed by atoms with van der Waals surface area (Å²) in [4.78, 5) is 14.6. The number of carbonyl (C=O) groups is 1. The van der Waals surface area contributed by atoms with E-state index in [1.54, 1.807) is 0 Å². The molecular weight excluding hydrogens is 298 g/mol. The van der Waals surface area contributed by atoms with Gasteiger partial charge in [0.25, 0.3) is 0 Å². The monoisotopic (exact) mass is 331 g/mol. The van der Waals surface area contributed by atoms with E-state index in [1.165, 1.54) is 24.0 Å². The van der Waals surface area contributed by atoms with Crippen LogP contribution in [0, 0.1) is 5.92 Å². The largest absolute Gasteiger partial charge is 0.352 e. The molecule has 0 saturated carbocycles. The lowest BCUT2D eigenvalue weighted by molar-refractivity contribution is -0.121. The lowest BCUT2D eigenvalue weighted by Crippen LogP contribution is -2.29. The van der Waals surface area contributed by atoms with Crippen LogP contribution in [0.2, 0.25) is 0 Å². The molecule has 1 aromatic rings. The van der Waals surface area contributed by atoms with E-state index in [4.69, 9.17) is 0 Å². The summed E-state index contributed by atoms with van der Waals surface area (Å²) < 4.78 is 0. The number of piperidine rings is 1. The SMILES string of the molecule is CCN(CC)Cc1ccccc1CNC(=O)CCC1CCNCC1. The van der Waals surface area contributed by atoms with Crippen molar-refractivity contribution in [1.29, 1.82) is 0 Å². The molecule has 4 heteroatoms. The van der Waals surface area contributed by atoms with E-state index in [-0.39, 0.29) is 5.91 Å². The number of hydrogen-bond donors (Lipinski definition) is 2. The second kappa shape index (κ2) is 10.5. The standard InChI is InChI=1S/C20H33N3O/c1-3-23(4-2)16-19-8-6-5-7-18(19)15-22-20(24)10-9-17-11-13-21-14-12-17/h5-8,17,21H,3-4,9-16H2,1-2H3,(H,22,24). The van der Waals surface area contributed by atoms with Gasteiger partial charge in [0.1, 0.15) is 0 Å². The van der Waals surface area contributed by atoms with E-state index in [0.29, 0.717) is 18.9 Å². The lowest BCUT2D eigenvalue weighted by Gasteiger charge is -2.22. The van der Waals surface area contributed by atoms with Gasteiger partial charge in [-0.3, -0.25) is 9.69 Å². The predicted molar refractivity (Wildman–Crippen MR) is 99.7 cm³/mol. The Kier molecular flexibility index (Phi) is 8.26. The Balaban J connectivity index is 1.79. The van der Waals surface area contributed by atoms with Crippen LogP contribution in [0.25, 0.3) is 0 Å². The topological polar surface area (TPSA) is 44.4 Å². The van der Waals surface area contributed by atoms with Gasteiger partial charge in [0.15, 0.2) is 0 Å². The quantitative estimate of drug-likeness (QED) is 0.731. The molecule has 1 heterocycles. The minimum Gasteiger partial charge on any atom is -0.352 e. The van der Waals surface area contributed by atoms with E-state index >= 15 is 0 Å². The van der Waals surface area contributed by atoms with Crippen LogP contribution >= 0.6 is 0 Å². The predicted octanol–water partition coefficient (Wildman–Crippen LogP) is 2.92. The highest BCUT2D eigenvalue weighted by Gasteiger charge is 2.14. The molecular formula is C20H33N3O. The molecule has 134 valence electrons. The zero-order valence-corrected chi connectivity index (χ0v) is 15.3. The third-order valence-corrected chi connectivity index (χ3v) is 5.12. The Morgan fingerprint density at radius 1 is 1.17 bits per heavy atom. The summed E-state index contributed by atoms with van der Waals surface area (Å²) in [7, 11) is 0. The maximum Gasteiger partial charge on any atom is 0.220 e. The van der Waals surface area contributed by atoms with Gasteiger partial charge in [-0.2, -0.15) is 0 Å². The Morgan fingerprint density at radius 2 is 1.83 bits per heavy atom. The van der Waals surface area contributed by atoms with Crippen molar-refractivity contribution in [2.75, 3.05) is 26.2 Å². The molecule has 0 spiro atoms.